The average Bonchev–Trinajstić information content (AvgIpc) is 2.84. The van der Waals surface area contributed by atoms with Crippen molar-refractivity contribution >= 4 is 22.4 Å². The molecule has 19 heavy (non-hydrogen) atoms. The van der Waals surface area contributed by atoms with E-state index in [1.165, 1.54) is 12.1 Å². The molecule has 3 rings (SSSR count). The molecule has 0 spiro atoms. The molecule has 0 aliphatic carbocycles. The van der Waals surface area contributed by atoms with Gasteiger partial charge in [-0.05, 0) is 24.3 Å². The number of benzene rings is 2. The molecule has 0 radical (unpaired) electrons. The van der Waals surface area contributed by atoms with Gasteiger partial charge in [0.15, 0.2) is 17.2 Å². The van der Waals surface area contributed by atoms with E-state index in [-0.39, 0.29) is 17.1 Å². The summed E-state index contributed by atoms with van der Waals surface area (Å²) >= 11 is 0. The first-order valence-electron chi connectivity index (χ1n) is 5.74. The van der Waals surface area contributed by atoms with Crippen molar-refractivity contribution < 1.29 is 13.6 Å². The van der Waals surface area contributed by atoms with Gasteiger partial charge in [-0.1, -0.05) is 24.3 Å². The predicted molar refractivity (Wildman–Crippen MR) is 70.5 cm³/mol. The zero-order valence-electron chi connectivity index (χ0n) is 9.89. The number of carbonyl (C=O) groups excluding carboxylic acids is 1. The lowest BCUT2D eigenvalue weighted by Crippen LogP contribution is -2.03. The first kappa shape index (κ1) is 11.5. The molecule has 0 saturated carbocycles. The van der Waals surface area contributed by atoms with E-state index in [0.717, 1.165) is 0 Å². The van der Waals surface area contributed by atoms with Crippen molar-refractivity contribution in [2.75, 3.05) is 5.73 Å². The van der Waals surface area contributed by atoms with Crippen LogP contribution in [0, 0.1) is 5.82 Å². The summed E-state index contributed by atoms with van der Waals surface area (Å²) in [6, 6.07) is 12.8. The minimum Gasteiger partial charge on any atom is -0.449 e. The highest BCUT2D eigenvalue weighted by atomic mass is 19.1. The van der Waals surface area contributed by atoms with Crippen LogP contribution in [0.25, 0.3) is 11.0 Å². The molecule has 4 heteroatoms. The van der Waals surface area contributed by atoms with Crippen molar-refractivity contribution in [3.8, 4) is 0 Å². The SMILES string of the molecule is Nc1ccccc1C(=O)c1cc2cccc(F)c2o1. The molecular weight excluding hydrogens is 245 g/mol. The monoisotopic (exact) mass is 255 g/mol. The van der Waals surface area contributed by atoms with Crippen LogP contribution < -0.4 is 5.73 Å². The lowest BCUT2D eigenvalue weighted by atomic mass is 10.1. The maximum atomic E-state index is 13.5. The van der Waals surface area contributed by atoms with Gasteiger partial charge in [-0.15, -0.1) is 0 Å². The van der Waals surface area contributed by atoms with Gasteiger partial charge < -0.3 is 10.2 Å². The van der Waals surface area contributed by atoms with Crippen molar-refractivity contribution in [1.29, 1.82) is 0 Å². The highest BCUT2D eigenvalue weighted by Crippen LogP contribution is 2.25. The molecule has 94 valence electrons. The number of fused-ring (bicyclic) bond motifs is 1. The van der Waals surface area contributed by atoms with E-state index in [4.69, 9.17) is 10.2 Å². The van der Waals surface area contributed by atoms with Gasteiger partial charge in [0.2, 0.25) is 5.78 Å². The Balaban J connectivity index is 2.12. The Kier molecular flexibility index (Phi) is 2.56. The second-order valence-corrected chi connectivity index (χ2v) is 4.19. The van der Waals surface area contributed by atoms with Crippen LogP contribution in [0.3, 0.4) is 0 Å². The van der Waals surface area contributed by atoms with E-state index in [0.29, 0.717) is 16.6 Å². The standard InChI is InChI=1S/C15H10FNO2/c16-11-6-3-4-9-8-13(19-15(9)11)14(18)10-5-1-2-7-12(10)17/h1-8H,17H2. The normalized spacial score (nSPS) is 10.8. The van der Waals surface area contributed by atoms with Gasteiger partial charge >= 0.3 is 0 Å². The number of nitrogen functional groups attached to an aromatic ring is 1. The van der Waals surface area contributed by atoms with Crippen LogP contribution in [0.4, 0.5) is 10.1 Å². The summed E-state index contributed by atoms with van der Waals surface area (Å²) in [6.07, 6.45) is 0. The summed E-state index contributed by atoms with van der Waals surface area (Å²) < 4.78 is 18.8. The van der Waals surface area contributed by atoms with Gasteiger partial charge in [0, 0.05) is 16.6 Å². The number of nitrogens with two attached hydrogens (primary N) is 1. The Morgan fingerprint density at radius 3 is 2.63 bits per heavy atom. The molecule has 0 aliphatic heterocycles. The number of furan rings is 1. The molecule has 0 saturated heterocycles. The lowest BCUT2D eigenvalue weighted by molar-refractivity contribution is 0.101. The molecular formula is C15H10FNO2. The van der Waals surface area contributed by atoms with Crippen molar-refractivity contribution in [2.45, 2.75) is 0 Å². The highest BCUT2D eigenvalue weighted by Gasteiger charge is 2.17. The maximum absolute atomic E-state index is 13.5. The third kappa shape index (κ3) is 1.87. The Labute approximate surface area is 108 Å². The smallest absolute Gasteiger partial charge is 0.230 e. The molecule has 1 heterocycles. The number of para-hydroxylation sites is 2. The first-order valence-corrected chi connectivity index (χ1v) is 5.74. The highest BCUT2D eigenvalue weighted by molar-refractivity contribution is 6.11. The Bertz CT molecular complexity index is 777. The Morgan fingerprint density at radius 1 is 1.11 bits per heavy atom. The topological polar surface area (TPSA) is 56.2 Å². The van der Waals surface area contributed by atoms with E-state index in [1.807, 2.05) is 0 Å². The van der Waals surface area contributed by atoms with Gasteiger partial charge in [0.1, 0.15) is 0 Å². The van der Waals surface area contributed by atoms with Gasteiger partial charge in [0.25, 0.3) is 0 Å². The zero-order valence-corrected chi connectivity index (χ0v) is 9.89. The van der Waals surface area contributed by atoms with Gasteiger partial charge in [-0.3, -0.25) is 4.79 Å². The number of halogens is 1. The molecule has 0 aliphatic rings. The predicted octanol–water partition coefficient (Wildman–Crippen LogP) is 3.39. The summed E-state index contributed by atoms with van der Waals surface area (Å²) in [5.41, 5.74) is 6.55. The molecule has 2 N–H and O–H groups in total. The van der Waals surface area contributed by atoms with Crippen LogP contribution in [0.15, 0.2) is 52.9 Å². The third-order valence-electron chi connectivity index (χ3n) is 2.93. The fourth-order valence-electron chi connectivity index (χ4n) is 1.98. The minimum absolute atomic E-state index is 0.0815. The lowest BCUT2D eigenvalue weighted by Gasteiger charge is -2.01. The number of hydrogen-bond acceptors (Lipinski definition) is 3. The first-order chi connectivity index (χ1) is 9.16. The molecule has 3 nitrogen and oxygen atoms in total. The van der Waals surface area contributed by atoms with E-state index < -0.39 is 5.82 Å². The van der Waals surface area contributed by atoms with Crippen LogP contribution in [-0.2, 0) is 0 Å². The van der Waals surface area contributed by atoms with Crippen LogP contribution >= 0.6 is 0 Å². The summed E-state index contributed by atoms with van der Waals surface area (Å²) in [5, 5.41) is 0.554. The average molecular weight is 255 g/mol. The number of ketones is 1. The second kappa shape index (κ2) is 4.24. The molecule has 0 amide bonds. The summed E-state index contributed by atoms with van der Waals surface area (Å²) in [4.78, 5) is 12.3. The zero-order chi connectivity index (χ0) is 13.4. The molecule has 1 aromatic heterocycles. The minimum atomic E-state index is -0.488. The van der Waals surface area contributed by atoms with Crippen LogP contribution in [0.2, 0.25) is 0 Å². The summed E-state index contributed by atoms with van der Waals surface area (Å²) in [5.74, 6) is -0.760. The van der Waals surface area contributed by atoms with Crippen molar-refractivity contribution in [1.82, 2.24) is 0 Å². The molecule has 3 aromatic rings. The maximum Gasteiger partial charge on any atom is 0.230 e. The van der Waals surface area contributed by atoms with Gasteiger partial charge in [-0.25, -0.2) is 4.39 Å². The quantitative estimate of drug-likeness (QED) is 0.564. The molecule has 2 aromatic carbocycles. The van der Waals surface area contributed by atoms with Gasteiger partial charge in [-0.2, -0.15) is 0 Å². The van der Waals surface area contributed by atoms with E-state index in [2.05, 4.69) is 0 Å². The Morgan fingerprint density at radius 2 is 1.89 bits per heavy atom. The van der Waals surface area contributed by atoms with Gasteiger partial charge in [0.05, 0.1) is 0 Å². The molecule has 0 atom stereocenters. The fraction of sp³-hybridized carbons (Fsp3) is 0. The fourth-order valence-corrected chi connectivity index (χ4v) is 1.98. The van der Waals surface area contributed by atoms with Crippen molar-refractivity contribution in [3.05, 3.63) is 65.7 Å². The Hall–Kier alpha value is -2.62. The number of anilines is 1. The largest absolute Gasteiger partial charge is 0.449 e. The van der Waals surface area contributed by atoms with Crippen molar-refractivity contribution in [3.63, 3.8) is 0 Å². The molecule has 0 unspecified atom stereocenters. The summed E-state index contributed by atoms with van der Waals surface area (Å²) in [7, 11) is 0. The molecule has 0 fully saturated rings. The van der Waals surface area contributed by atoms with Crippen LogP contribution in [-0.4, -0.2) is 5.78 Å². The van der Waals surface area contributed by atoms with Crippen molar-refractivity contribution in [2.24, 2.45) is 0 Å². The molecule has 0 bridgehead atoms. The number of hydrogen-bond donors (Lipinski definition) is 1. The van der Waals surface area contributed by atoms with Crippen LogP contribution in [0.1, 0.15) is 16.1 Å². The number of carbonyl (C=O) groups is 1. The second-order valence-electron chi connectivity index (χ2n) is 4.19. The van der Waals surface area contributed by atoms with Crippen LogP contribution in [0.5, 0.6) is 0 Å². The number of rotatable bonds is 2. The van der Waals surface area contributed by atoms with E-state index in [9.17, 15) is 9.18 Å². The van der Waals surface area contributed by atoms with E-state index in [1.54, 1.807) is 36.4 Å². The summed E-state index contributed by atoms with van der Waals surface area (Å²) in [6.45, 7) is 0. The third-order valence-corrected chi connectivity index (χ3v) is 2.93. The van der Waals surface area contributed by atoms with E-state index >= 15 is 0 Å².